The van der Waals surface area contributed by atoms with Crippen LogP contribution in [0, 0.1) is 0 Å². The summed E-state index contributed by atoms with van der Waals surface area (Å²) in [6, 6.07) is 17.5. The van der Waals surface area contributed by atoms with Crippen LogP contribution in [0.5, 0.6) is 11.5 Å². The van der Waals surface area contributed by atoms with Crippen LogP contribution in [-0.4, -0.2) is 37.6 Å². The first-order chi connectivity index (χ1) is 15.8. The number of benzene rings is 3. The topological polar surface area (TPSA) is 102 Å². The molecule has 1 aliphatic heterocycles. The monoisotopic (exact) mass is 488 g/mol. The first-order valence-electron chi connectivity index (χ1n) is 10.2. The maximum Gasteiger partial charge on any atom is 0.265 e. The van der Waals surface area contributed by atoms with Crippen molar-refractivity contribution in [2.45, 2.75) is 22.6 Å². The summed E-state index contributed by atoms with van der Waals surface area (Å²) >= 11 is 0. The van der Waals surface area contributed by atoms with E-state index >= 15 is 0 Å². The molecular formula is C23H24N2O6S2. The highest BCUT2D eigenvalue weighted by Gasteiger charge is 2.30. The number of hydrogen-bond donors (Lipinski definition) is 1. The third-order valence-electron chi connectivity index (χ3n) is 5.41. The van der Waals surface area contributed by atoms with Crippen LogP contribution in [0.1, 0.15) is 12.0 Å². The number of nitrogens with zero attached hydrogens (tertiary/aromatic N) is 1. The lowest BCUT2D eigenvalue weighted by Crippen LogP contribution is -2.35. The largest absolute Gasteiger partial charge is 0.497 e. The van der Waals surface area contributed by atoms with Crippen LogP contribution in [0.25, 0.3) is 0 Å². The van der Waals surface area contributed by atoms with Crippen LogP contribution in [0.3, 0.4) is 0 Å². The highest BCUT2D eigenvalue weighted by atomic mass is 32.2. The summed E-state index contributed by atoms with van der Waals surface area (Å²) in [5.74, 6) is 0.592. The zero-order valence-electron chi connectivity index (χ0n) is 18.2. The molecule has 3 aromatic carbocycles. The molecule has 3 aromatic rings. The van der Waals surface area contributed by atoms with E-state index in [1.807, 2.05) is 0 Å². The standard InChI is InChI=1S/C23H24N2O6S2/c1-30-19-12-13-23(22(16-19)31-2)32(26,27)24-18-11-10-17-7-6-14-25(21(17)15-18)33(28,29)20-8-4-3-5-9-20/h3-5,8-13,15-16,24H,6-7,14H2,1-2H3. The van der Waals surface area contributed by atoms with Crippen LogP contribution >= 0.6 is 0 Å². The van der Waals surface area contributed by atoms with E-state index in [0.717, 1.165) is 5.56 Å². The minimum Gasteiger partial charge on any atom is -0.497 e. The SMILES string of the molecule is COc1ccc(S(=O)(=O)Nc2ccc3c(c2)N(S(=O)(=O)c2ccccc2)CCC3)c(OC)c1. The average Bonchev–Trinajstić information content (AvgIpc) is 2.83. The van der Waals surface area contributed by atoms with Gasteiger partial charge < -0.3 is 9.47 Å². The quantitative estimate of drug-likeness (QED) is 0.545. The van der Waals surface area contributed by atoms with E-state index < -0.39 is 20.0 Å². The molecule has 0 aromatic heterocycles. The van der Waals surface area contributed by atoms with Gasteiger partial charge in [0.2, 0.25) is 0 Å². The fourth-order valence-corrected chi connectivity index (χ4v) is 6.54. The zero-order chi connectivity index (χ0) is 23.6. The molecule has 0 spiro atoms. The fraction of sp³-hybridized carbons (Fsp3) is 0.217. The summed E-state index contributed by atoms with van der Waals surface area (Å²) in [5.41, 5.74) is 1.56. The first-order valence-corrected chi connectivity index (χ1v) is 13.1. The van der Waals surface area contributed by atoms with Gasteiger partial charge in [-0.3, -0.25) is 9.03 Å². The molecule has 0 saturated carbocycles. The second-order valence-electron chi connectivity index (χ2n) is 7.46. The number of fused-ring (bicyclic) bond motifs is 1. The number of rotatable bonds is 7. The molecule has 0 bridgehead atoms. The van der Waals surface area contributed by atoms with Crippen LogP contribution in [0.4, 0.5) is 11.4 Å². The van der Waals surface area contributed by atoms with Crippen molar-refractivity contribution in [3.8, 4) is 11.5 Å². The fourth-order valence-electron chi connectivity index (χ4n) is 3.78. The van der Waals surface area contributed by atoms with Gasteiger partial charge in [-0.25, -0.2) is 16.8 Å². The van der Waals surface area contributed by atoms with E-state index in [4.69, 9.17) is 9.47 Å². The molecule has 0 atom stereocenters. The van der Waals surface area contributed by atoms with Crippen molar-refractivity contribution in [2.24, 2.45) is 0 Å². The Morgan fingerprint density at radius 1 is 0.879 bits per heavy atom. The Labute approximate surface area is 193 Å². The van der Waals surface area contributed by atoms with Crippen molar-refractivity contribution in [1.82, 2.24) is 0 Å². The van der Waals surface area contributed by atoms with Gasteiger partial charge in [-0.2, -0.15) is 0 Å². The second-order valence-corrected chi connectivity index (χ2v) is 11.0. The summed E-state index contributed by atoms with van der Waals surface area (Å²) in [6.07, 6.45) is 1.38. The molecule has 10 heteroatoms. The molecule has 0 radical (unpaired) electrons. The predicted octanol–water partition coefficient (Wildman–Crippen LogP) is 3.65. The molecule has 174 valence electrons. The normalized spacial score (nSPS) is 13.8. The van der Waals surface area contributed by atoms with Gasteiger partial charge in [0.25, 0.3) is 20.0 Å². The summed E-state index contributed by atoms with van der Waals surface area (Å²) in [7, 11) is -4.95. The minimum absolute atomic E-state index is 0.0581. The Kier molecular flexibility index (Phi) is 6.22. The smallest absolute Gasteiger partial charge is 0.265 e. The van der Waals surface area contributed by atoms with Crippen molar-refractivity contribution in [1.29, 1.82) is 0 Å². The molecule has 1 aliphatic rings. The lowest BCUT2D eigenvalue weighted by molar-refractivity contribution is 0.386. The van der Waals surface area contributed by atoms with Crippen molar-refractivity contribution in [2.75, 3.05) is 29.8 Å². The third-order valence-corrected chi connectivity index (χ3v) is 8.65. The summed E-state index contributed by atoms with van der Waals surface area (Å²) in [6.45, 7) is 0.312. The third kappa shape index (κ3) is 4.49. The van der Waals surface area contributed by atoms with Crippen LogP contribution < -0.4 is 18.5 Å². The van der Waals surface area contributed by atoms with E-state index in [1.54, 1.807) is 48.5 Å². The van der Waals surface area contributed by atoms with Gasteiger partial charge in [0, 0.05) is 12.6 Å². The van der Waals surface area contributed by atoms with Gasteiger partial charge in [-0.05, 0) is 54.8 Å². The van der Waals surface area contributed by atoms with Crippen LogP contribution in [0.15, 0.2) is 76.5 Å². The molecule has 8 nitrogen and oxygen atoms in total. The van der Waals surface area contributed by atoms with E-state index in [0.29, 0.717) is 30.8 Å². The lowest BCUT2D eigenvalue weighted by Gasteiger charge is -2.31. The number of sulfonamides is 2. The molecule has 1 N–H and O–H groups in total. The summed E-state index contributed by atoms with van der Waals surface area (Å²) in [4.78, 5) is 0.129. The summed E-state index contributed by atoms with van der Waals surface area (Å²) in [5, 5.41) is 0. The Balaban J connectivity index is 1.70. The Hall–Kier alpha value is -3.24. The van der Waals surface area contributed by atoms with Crippen LogP contribution in [-0.2, 0) is 26.5 Å². The Morgan fingerprint density at radius 3 is 2.33 bits per heavy atom. The van der Waals surface area contributed by atoms with Gasteiger partial charge in [-0.15, -0.1) is 0 Å². The van der Waals surface area contributed by atoms with Gasteiger partial charge in [0.15, 0.2) is 0 Å². The number of methoxy groups -OCH3 is 2. The zero-order valence-corrected chi connectivity index (χ0v) is 19.8. The molecule has 4 rings (SSSR count). The molecule has 33 heavy (non-hydrogen) atoms. The molecule has 0 amide bonds. The van der Waals surface area contributed by atoms with Crippen molar-refractivity contribution in [3.05, 3.63) is 72.3 Å². The highest BCUT2D eigenvalue weighted by Crippen LogP contribution is 2.35. The number of hydrogen-bond acceptors (Lipinski definition) is 6. The van der Waals surface area contributed by atoms with Crippen molar-refractivity contribution < 1.29 is 26.3 Å². The van der Waals surface area contributed by atoms with Crippen LogP contribution in [0.2, 0.25) is 0 Å². The summed E-state index contributed by atoms with van der Waals surface area (Å²) < 4.78 is 66.9. The number of nitrogens with one attached hydrogen (secondary N) is 1. The predicted molar refractivity (Wildman–Crippen MR) is 126 cm³/mol. The number of anilines is 2. The Morgan fingerprint density at radius 2 is 1.64 bits per heavy atom. The van der Waals surface area contributed by atoms with Gasteiger partial charge in [-0.1, -0.05) is 24.3 Å². The van der Waals surface area contributed by atoms with E-state index in [2.05, 4.69) is 4.72 Å². The minimum atomic E-state index is -4.01. The molecule has 1 heterocycles. The Bertz CT molecular complexity index is 1370. The highest BCUT2D eigenvalue weighted by molar-refractivity contribution is 7.93. The van der Waals surface area contributed by atoms with E-state index in [1.165, 1.54) is 36.7 Å². The molecule has 0 saturated heterocycles. The van der Waals surface area contributed by atoms with Crippen molar-refractivity contribution >= 4 is 31.4 Å². The van der Waals surface area contributed by atoms with E-state index in [-0.39, 0.29) is 21.2 Å². The maximum atomic E-state index is 13.3. The molecule has 0 aliphatic carbocycles. The van der Waals surface area contributed by atoms with Gasteiger partial charge >= 0.3 is 0 Å². The molecular weight excluding hydrogens is 464 g/mol. The van der Waals surface area contributed by atoms with Gasteiger partial charge in [0.1, 0.15) is 16.4 Å². The molecule has 0 fully saturated rings. The lowest BCUT2D eigenvalue weighted by atomic mass is 10.0. The van der Waals surface area contributed by atoms with Crippen molar-refractivity contribution in [3.63, 3.8) is 0 Å². The number of aryl methyl sites for hydroxylation is 1. The van der Waals surface area contributed by atoms with E-state index in [9.17, 15) is 16.8 Å². The second kappa shape index (κ2) is 8.95. The molecule has 0 unspecified atom stereocenters. The first kappa shape index (κ1) is 22.9. The van der Waals surface area contributed by atoms with Gasteiger partial charge in [0.05, 0.1) is 30.5 Å². The number of ether oxygens (including phenoxy) is 2. The maximum absolute atomic E-state index is 13.3. The average molecular weight is 489 g/mol.